The van der Waals surface area contributed by atoms with E-state index in [1.165, 1.54) is 0 Å². The quantitative estimate of drug-likeness (QED) is 0.261. The number of carbonyl (C=O) groups excluding carboxylic acids is 1. The van der Waals surface area contributed by atoms with Crippen LogP contribution in [0.4, 0.5) is 5.69 Å². The van der Waals surface area contributed by atoms with Crippen molar-refractivity contribution in [3.63, 3.8) is 0 Å². The fourth-order valence-electron chi connectivity index (χ4n) is 2.72. The number of Topliss-reactive ketones (excluding diaryl/α,β-unsaturated/α-hetero) is 1. The topological polar surface area (TPSA) is 38.7 Å². The molecule has 0 aliphatic heterocycles. The van der Waals surface area contributed by atoms with Crippen molar-refractivity contribution in [1.82, 2.24) is 0 Å². The number of nitrogens with zero attached hydrogens (tertiary/aromatic N) is 1. The highest BCUT2D eigenvalue weighted by Gasteiger charge is 2.11. The van der Waals surface area contributed by atoms with Crippen molar-refractivity contribution in [2.45, 2.75) is 54.4 Å². The fraction of sp³-hybridized carbons (Fsp3) is 0.360. The number of ether oxygens (including phenoxy) is 1. The maximum absolute atomic E-state index is 11.8. The van der Waals surface area contributed by atoms with Crippen LogP contribution in [0.15, 0.2) is 64.7 Å². The highest BCUT2D eigenvalue weighted by Crippen LogP contribution is 2.31. The van der Waals surface area contributed by atoms with E-state index in [4.69, 9.17) is 9.73 Å². The summed E-state index contributed by atoms with van der Waals surface area (Å²) in [5, 5.41) is 0. The first-order valence-electron chi connectivity index (χ1n) is 9.69. The summed E-state index contributed by atoms with van der Waals surface area (Å²) < 4.78 is 5.42. The third-order valence-corrected chi connectivity index (χ3v) is 4.62. The second-order valence-electron chi connectivity index (χ2n) is 6.90. The zero-order chi connectivity index (χ0) is 21.3. The van der Waals surface area contributed by atoms with E-state index in [1.807, 2.05) is 45.9 Å². The average molecular weight is 380 g/mol. The van der Waals surface area contributed by atoms with Gasteiger partial charge in [-0.2, -0.15) is 0 Å². The summed E-state index contributed by atoms with van der Waals surface area (Å²) in [7, 11) is 1.61. The zero-order valence-electron chi connectivity index (χ0n) is 18.3. The summed E-state index contributed by atoms with van der Waals surface area (Å²) in [4.78, 5) is 16.6. The number of carbonyl (C=O) groups is 1. The number of rotatable bonds is 9. The van der Waals surface area contributed by atoms with Gasteiger partial charge in [-0.3, -0.25) is 9.79 Å². The van der Waals surface area contributed by atoms with Gasteiger partial charge < -0.3 is 4.74 Å². The first-order valence-corrected chi connectivity index (χ1v) is 9.69. The van der Waals surface area contributed by atoms with E-state index in [9.17, 15) is 4.79 Å². The van der Waals surface area contributed by atoms with Gasteiger partial charge in [0.15, 0.2) is 5.78 Å². The minimum Gasteiger partial charge on any atom is -0.496 e. The van der Waals surface area contributed by atoms with Crippen molar-refractivity contribution in [3.05, 3.63) is 70.9 Å². The molecule has 0 N–H and O–H groups in total. The minimum atomic E-state index is -0.00731. The van der Waals surface area contributed by atoms with Gasteiger partial charge in [0.05, 0.1) is 12.8 Å². The number of aliphatic imine (C=N–C) groups is 1. The molecule has 1 aromatic rings. The molecule has 3 nitrogen and oxygen atoms in total. The summed E-state index contributed by atoms with van der Waals surface area (Å²) in [6, 6.07) is 3.59. The Hall–Kier alpha value is -2.68. The lowest BCUT2D eigenvalue weighted by Gasteiger charge is -2.11. The first-order chi connectivity index (χ1) is 13.2. The molecule has 3 heteroatoms. The number of hydrogen-bond acceptors (Lipinski definition) is 3. The molecule has 0 bridgehead atoms. The summed E-state index contributed by atoms with van der Waals surface area (Å²) in [5.74, 6) is 0.665. The molecule has 0 radical (unpaired) electrons. The second kappa shape index (κ2) is 11.2. The summed E-state index contributed by atoms with van der Waals surface area (Å²) >= 11 is 0. The largest absolute Gasteiger partial charge is 0.496 e. The second-order valence-corrected chi connectivity index (χ2v) is 6.90. The van der Waals surface area contributed by atoms with Gasteiger partial charge in [-0.25, -0.2) is 0 Å². The molecule has 0 aliphatic carbocycles. The molecule has 0 saturated heterocycles. The highest BCUT2D eigenvalue weighted by molar-refractivity contribution is 6.01. The smallest absolute Gasteiger partial charge is 0.160 e. The van der Waals surface area contributed by atoms with Gasteiger partial charge in [0.1, 0.15) is 5.75 Å². The molecule has 0 spiro atoms. The van der Waals surface area contributed by atoms with Crippen LogP contribution in [0.1, 0.15) is 63.4 Å². The third-order valence-electron chi connectivity index (χ3n) is 4.62. The molecule has 0 aromatic heterocycles. The number of methoxy groups -OCH3 is 1. The molecule has 0 atom stereocenters. The lowest BCUT2D eigenvalue weighted by Crippen LogP contribution is -1.99. The molecule has 0 heterocycles. The Labute approximate surface area is 170 Å². The number of ketones is 1. The molecule has 1 rings (SSSR count). The molecule has 0 amide bonds. The van der Waals surface area contributed by atoms with Crippen LogP contribution in [0, 0.1) is 6.92 Å². The molecular formula is C25H33NO2. The van der Waals surface area contributed by atoms with Gasteiger partial charge in [-0.05, 0) is 76.0 Å². The van der Waals surface area contributed by atoms with E-state index in [0.29, 0.717) is 11.3 Å². The van der Waals surface area contributed by atoms with Crippen LogP contribution in [0.2, 0.25) is 0 Å². The van der Waals surface area contributed by atoms with Crippen molar-refractivity contribution in [2.75, 3.05) is 7.11 Å². The van der Waals surface area contributed by atoms with Crippen molar-refractivity contribution >= 4 is 17.2 Å². The Bertz CT molecular complexity index is 852. The number of hydrogen-bond donors (Lipinski definition) is 0. The van der Waals surface area contributed by atoms with Crippen LogP contribution < -0.4 is 4.74 Å². The van der Waals surface area contributed by atoms with E-state index < -0.39 is 0 Å². The van der Waals surface area contributed by atoms with E-state index in [0.717, 1.165) is 46.5 Å². The maximum Gasteiger partial charge on any atom is 0.160 e. The lowest BCUT2D eigenvalue weighted by atomic mass is 9.99. The summed E-state index contributed by atoms with van der Waals surface area (Å²) in [5.41, 5.74) is 6.44. The molecule has 0 unspecified atom stereocenters. The lowest BCUT2D eigenvalue weighted by molar-refractivity contribution is 0.101. The fourth-order valence-corrected chi connectivity index (χ4v) is 2.72. The Morgan fingerprint density at radius 3 is 2.46 bits per heavy atom. The van der Waals surface area contributed by atoms with Crippen molar-refractivity contribution < 1.29 is 9.53 Å². The molecule has 150 valence electrons. The normalized spacial score (nSPS) is 13.2. The molecule has 0 aliphatic rings. The van der Waals surface area contributed by atoms with E-state index in [-0.39, 0.29) is 5.78 Å². The molecular weight excluding hydrogens is 346 g/mol. The average Bonchev–Trinajstić information content (AvgIpc) is 2.66. The van der Waals surface area contributed by atoms with Crippen LogP contribution in [0.3, 0.4) is 0 Å². The Balaban J connectivity index is 3.38. The maximum atomic E-state index is 11.8. The molecule has 0 fully saturated rings. The van der Waals surface area contributed by atoms with Gasteiger partial charge in [0, 0.05) is 16.8 Å². The minimum absolute atomic E-state index is 0.00731. The standard InChI is InChI=1S/C25H33NO2/c1-9-11-13-22(17(3)12-10-2)14-18(4)20(6)26-24-15-23(21(7)27)16-25(28-8)19(24)5/h9,11,13-16H,3,10,12H2,1-2,4-8H3/b11-9-,18-14+,22-13-,26-20?. The van der Waals surface area contributed by atoms with Crippen LogP contribution >= 0.6 is 0 Å². The van der Waals surface area contributed by atoms with E-state index in [1.54, 1.807) is 20.1 Å². The molecule has 28 heavy (non-hydrogen) atoms. The zero-order valence-corrected chi connectivity index (χ0v) is 18.3. The Morgan fingerprint density at radius 2 is 1.93 bits per heavy atom. The first kappa shape index (κ1) is 23.4. The van der Waals surface area contributed by atoms with Gasteiger partial charge >= 0.3 is 0 Å². The van der Waals surface area contributed by atoms with E-state index >= 15 is 0 Å². The Kier molecular flexibility index (Phi) is 9.37. The van der Waals surface area contributed by atoms with Crippen molar-refractivity contribution in [3.8, 4) is 5.75 Å². The van der Waals surface area contributed by atoms with Crippen LogP contribution in [-0.4, -0.2) is 18.6 Å². The number of allylic oxidation sites excluding steroid dienone is 7. The van der Waals surface area contributed by atoms with Gasteiger partial charge in [0.25, 0.3) is 0 Å². The number of benzene rings is 1. The van der Waals surface area contributed by atoms with Gasteiger partial charge in [0.2, 0.25) is 0 Å². The summed E-state index contributed by atoms with van der Waals surface area (Å²) in [6.45, 7) is 15.9. The predicted molar refractivity (Wildman–Crippen MR) is 121 cm³/mol. The van der Waals surface area contributed by atoms with Crippen LogP contribution in [0.5, 0.6) is 5.75 Å². The Morgan fingerprint density at radius 1 is 1.25 bits per heavy atom. The molecule has 1 aromatic carbocycles. The van der Waals surface area contributed by atoms with Crippen molar-refractivity contribution in [2.24, 2.45) is 4.99 Å². The van der Waals surface area contributed by atoms with Gasteiger partial charge in [-0.15, -0.1) is 0 Å². The van der Waals surface area contributed by atoms with Crippen LogP contribution in [-0.2, 0) is 0 Å². The van der Waals surface area contributed by atoms with Crippen LogP contribution in [0.25, 0.3) is 0 Å². The molecule has 0 saturated carbocycles. The monoisotopic (exact) mass is 379 g/mol. The van der Waals surface area contributed by atoms with Crippen molar-refractivity contribution in [1.29, 1.82) is 0 Å². The predicted octanol–water partition coefficient (Wildman–Crippen LogP) is 7.10. The third kappa shape index (κ3) is 6.49. The SMILES string of the molecule is C=C(CCC)C(=C\C=C/C)/C=C(\C)C(C)=Nc1cc(C(C)=O)cc(OC)c1C. The highest BCUT2D eigenvalue weighted by atomic mass is 16.5. The van der Waals surface area contributed by atoms with E-state index in [2.05, 4.69) is 25.7 Å². The summed E-state index contributed by atoms with van der Waals surface area (Å²) in [6.07, 6.45) is 10.3. The van der Waals surface area contributed by atoms with Gasteiger partial charge in [-0.1, -0.05) is 38.2 Å².